The first-order chi connectivity index (χ1) is 4.19. The van der Waals surface area contributed by atoms with Gasteiger partial charge in [-0.3, -0.25) is 10.6 Å². The summed E-state index contributed by atoms with van der Waals surface area (Å²) in [5.41, 5.74) is 5.30. The predicted octanol–water partition coefficient (Wildman–Crippen LogP) is 0.199. The first-order valence-electron chi connectivity index (χ1n) is 3.38. The second kappa shape index (κ2) is 2.49. The third kappa shape index (κ3) is 1.68. The second-order valence-corrected chi connectivity index (χ2v) is 3.87. The number of nitrogens with two attached hydrogens (primary N) is 1. The average Bonchev–Trinajstić information content (AvgIpc) is 1.62. The summed E-state index contributed by atoms with van der Waals surface area (Å²) in [4.78, 5) is 1.60. The summed E-state index contributed by atoms with van der Waals surface area (Å²) in [5, 5.41) is 9.63. The Hall–Kier alpha value is -0.120. The summed E-state index contributed by atoms with van der Waals surface area (Å²) in [6.45, 7) is 5.69. The fraction of sp³-hybridized carbons (Fsp3) is 1.00. The van der Waals surface area contributed by atoms with Crippen molar-refractivity contribution in [2.45, 2.75) is 26.6 Å². The standard InChI is InChI=1S/C7H18N2O/c1-6(2,3)7(8,10)9(4)5/h10H,8H2,1-5H3. The first-order valence-corrected chi connectivity index (χ1v) is 3.38. The van der Waals surface area contributed by atoms with E-state index in [-0.39, 0.29) is 5.41 Å². The highest BCUT2D eigenvalue weighted by Crippen LogP contribution is 2.26. The van der Waals surface area contributed by atoms with Crippen LogP contribution in [0.15, 0.2) is 0 Å². The molecule has 0 aromatic heterocycles. The van der Waals surface area contributed by atoms with Crippen LogP contribution in [-0.4, -0.2) is 30.0 Å². The number of nitrogens with zero attached hydrogens (tertiary/aromatic N) is 1. The maximum Gasteiger partial charge on any atom is 0.176 e. The van der Waals surface area contributed by atoms with Crippen LogP contribution in [0, 0.1) is 5.41 Å². The molecule has 0 radical (unpaired) electrons. The predicted molar refractivity (Wildman–Crippen MR) is 42.3 cm³/mol. The summed E-state index contributed by atoms with van der Waals surface area (Å²) in [7, 11) is 3.51. The molecule has 1 unspecified atom stereocenters. The van der Waals surface area contributed by atoms with Crippen molar-refractivity contribution in [3.05, 3.63) is 0 Å². The molecule has 10 heavy (non-hydrogen) atoms. The van der Waals surface area contributed by atoms with Gasteiger partial charge in [-0.15, -0.1) is 0 Å². The van der Waals surface area contributed by atoms with Crippen LogP contribution in [-0.2, 0) is 0 Å². The zero-order valence-electron chi connectivity index (χ0n) is 7.47. The van der Waals surface area contributed by atoms with Crippen LogP contribution < -0.4 is 5.73 Å². The van der Waals surface area contributed by atoms with Gasteiger partial charge in [0.1, 0.15) is 0 Å². The normalized spacial score (nSPS) is 19.2. The molecule has 0 bridgehead atoms. The van der Waals surface area contributed by atoms with Gasteiger partial charge in [-0.2, -0.15) is 0 Å². The Balaban J connectivity index is 4.40. The van der Waals surface area contributed by atoms with Crippen molar-refractivity contribution in [2.75, 3.05) is 14.1 Å². The molecule has 0 rings (SSSR count). The Morgan fingerprint density at radius 2 is 1.50 bits per heavy atom. The molecule has 0 spiro atoms. The van der Waals surface area contributed by atoms with Gasteiger partial charge in [0, 0.05) is 5.41 Å². The van der Waals surface area contributed by atoms with Crippen LogP contribution in [0.2, 0.25) is 0 Å². The number of hydrogen-bond acceptors (Lipinski definition) is 3. The van der Waals surface area contributed by atoms with Crippen LogP contribution in [0.5, 0.6) is 0 Å². The summed E-state index contributed by atoms with van der Waals surface area (Å²) in [6, 6.07) is 0. The third-order valence-electron chi connectivity index (χ3n) is 1.79. The van der Waals surface area contributed by atoms with Gasteiger partial charge in [0.2, 0.25) is 0 Å². The number of rotatable bonds is 1. The SMILES string of the molecule is CN(C)C(N)(O)C(C)(C)C. The van der Waals surface area contributed by atoms with E-state index in [1.54, 1.807) is 19.0 Å². The lowest BCUT2D eigenvalue weighted by Gasteiger charge is -2.41. The van der Waals surface area contributed by atoms with E-state index in [4.69, 9.17) is 5.73 Å². The topological polar surface area (TPSA) is 49.5 Å². The molecule has 3 nitrogen and oxygen atoms in total. The molecule has 1 atom stereocenters. The molecule has 0 aromatic rings. The largest absolute Gasteiger partial charge is 0.362 e. The lowest BCUT2D eigenvalue weighted by Crippen LogP contribution is -2.61. The van der Waals surface area contributed by atoms with E-state index < -0.39 is 5.85 Å². The Morgan fingerprint density at radius 1 is 1.20 bits per heavy atom. The fourth-order valence-electron chi connectivity index (χ4n) is 0.671. The Bertz CT molecular complexity index is 113. The minimum atomic E-state index is -1.23. The van der Waals surface area contributed by atoms with E-state index in [2.05, 4.69) is 0 Å². The van der Waals surface area contributed by atoms with E-state index in [0.717, 1.165) is 0 Å². The molecule has 0 aliphatic carbocycles. The van der Waals surface area contributed by atoms with Gasteiger partial charge in [0.05, 0.1) is 0 Å². The fourth-order valence-corrected chi connectivity index (χ4v) is 0.671. The Kier molecular flexibility index (Phi) is 2.46. The highest BCUT2D eigenvalue weighted by atomic mass is 16.3. The zero-order valence-corrected chi connectivity index (χ0v) is 7.47. The van der Waals surface area contributed by atoms with E-state index >= 15 is 0 Å². The molecule has 3 heteroatoms. The zero-order chi connectivity index (χ0) is 8.58. The molecule has 0 aliphatic heterocycles. The van der Waals surface area contributed by atoms with E-state index in [0.29, 0.717) is 0 Å². The maximum absolute atomic E-state index is 9.63. The third-order valence-corrected chi connectivity index (χ3v) is 1.79. The van der Waals surface area contributed by atoms with Gasteiger partial charge in [-0.1, -0.05) is 20.8 Å². The molecule has 0 aliphatic rings. The minimum absolute atomic E-state index is 0.323. The molecule has 0 saturated carbocycles. The smallest absolute Gasteiger partial charge is 0.176 e. The van der Waals surface area contributed by atoms with Gasteiger partial charge in [-0.25, -0.2) is 0 Å². The molecular formula is C7H18N2O. The van der Waals surface area contributed by atoms with Gasteiger partial charge in [-0.05, 0) is 14.1 Å². The molecular weight excluding hydrogens is 128 g/mol. The average molecular weight is 146 g/mol. The maximum atomic E-state index is 9.63. The Morgan fingerprint density at radius 3 is 1.50 bits per heavy atom. The van der Waals surface area contributed by atoms with Crippen LogP contribution in [0.25, 0.3) is 0 Å². The second-order valence-electron chi connectivity index (χ2n) is 3.87. The number of aliphatic hydroxyl groups is 1. The quantitative estimate of drug-likeness (QED) is 0.519. The molecule has 3 N–H and O–H groups in total. The Labute approximate surface area is 62.8 Å². The van der Waals surface area contributed by atoms with Crippen LogP contribution in [0.4, 0.5) is 0 Å². The summed E-state index contributed by atoms with van der Waals surface area (Å²) in [5.74, 6) is -1.23. The lowest BCUT2D eigenvalue weighted by molar-refractivity contribution is -0.154. The highest BCUT2D eigenvalue weighted by Gasteiger charge is 2.37. The van der Waals surface area contributed by atoms with E-state index in [1.165, 1.54) is 0 Å². The van der Waals surface area contributed by atoms with Crippen molar-refractivity contribution in [3.8, 4) is 0 Å². The summed E-state index contributed by atoms with van der Waals surface area (Å²) < 4.78 is 0. The van der Waals surface area contributed by atoms with Gasteiger partial charge >= 0.3 is 0 Å². The molecule has 0 aromatic carbocycles. The van der Waals surface area contributed by atoms with Crippen LogP contribution in [0.3, 0.4) is 0 Å². The van der Waals surface area contributed by atoms with Crippen molar-refractivity contribution in [3.63, 3.8) is 0 Å². The van der Waals surface area contributed by atoms with Gasteiger partial charge < -0.3 is 5.11 Å². The van der Waals surface area contributed by atoms with Crippen molar-refractivity contribution in [1.82, 2.24) is 4.90 Å². The van der Waals surface area contributed by atoms with Crippen LogP contribution >= 0.6 is 0 Å². The summed E-state index contributed by atoms with van der Waals surface area (Å²) in [6.07, 6.45) is 0. The minimum Gasteiger partial charge on any atom is -0.362 e. The van der Waals surface area contributed by atoms with Crippen molar-refractivity contribution in [1.29, 1.82) is 0 Å². The van der Waals surface area contributed by atoms with E-state index in [1.807, 2.05) is 20.8 Å². The molecule has 0 fully saturated rings. The summed E-state index contributed by atoms with van der Waals surface area (Å²) >= 11 is 0. The molecule has 62 valence electrons. The van der Waals surface area contributed by atoms with Crippen LogP contribution in [0.1, 0.15) is 20.8 Å². The molecule has 0 amide bonds. The van der Waals surface area contributed by atoms with Crippen molar-refractivity contribution < 1.29 is 5.11 Å². The van der Waals surface area contributed by atoms with Gasteiger partial charge in [0.15, 0.2) is 5.85 Å². The van der Waals surface area contributed by atoms with Crippen molar-refractivity contribution in [2.24, 2.45) is 11.1 Å². The lowest BCUT2D eigenvalue weighted by atomic mass is 9.89. The van der Waals surface area contributed by atoms with E-state index in [9.17, 15) is 5.11 Å². The molecule has 0 saturated heterocycles. The van der Waals surface area contributed by atoms with Gasteiger partial charge in [0.25, 0.3) is 0 Å². The first kappa shape index (κ1) is 9.88. The highest BCUT2D eigenvalue weighted by molar-refractivity contribution is 4.81. The monoisotopic (exact) mass is 146 g/mol. The molecule has 0 heterocycles. The number of hydrogen-bond donors (Lipinski definition) is 2. The van der Waals surface area contributed by atoms with Crippen molar-refractivity contribution >= 4 is 0 Å².